The lowest BCUT2D eigenvalue weighted by molar-refractivity contribution is -0.107. The minimum atomic E-state index is 0.457. The van der Waals surface area contributed by atoms with Crippen LogP contribution in [0.5, 0.6) is 5.75 Å². The zero-order chi connectivity index (χ0) is 13.5. The Morgan fingerprint density at radius 3 is 2.42 bits per heavy atom. The van der Waals surface area contributed by atoms with Crippen LogP contribution in [0, 0.1) is 0 Å². The molecule has 0 fully saturated rings. The molecule has 0 aliphatic heterocycles. The number of aldehydes is 1. The summed E-state index contributed by atoms with van der Waals surface area (Å²) in [6.07, 6.45) is 2.40. The lowest BCUT2D eigenvalue weighted by Crippen LogP contribution is -1.96. The van der Waals surface area contributed by atoms with Crippen molar-refractivity contribution in [1.29, 1.82) is 0 Å². The van der Waals surface area contributed by atoms with Gasteiger partial charge in [0.1, 0.15) is 18.6 Å². The molecular weight excluding hydrogens is 236 g/mol. The van der Waals surface area contributed by atoms with Gasteiger partial charge in [-0.3, -0.25) is 0 Å². The van der Waals surface area contributed by atoms with Gasteiger partial charge in [-0.1, -0.05) is 43.3 Å². The van der Waals surface area contributed by atoms with Crippen molar-refractivity contribution in [3.05, 3.63) is 65.2 Å². The summed E-state index contributed by atoms with van der Waals surface area (Å²) in [6.45, 7) is 2.71. The summed E-state index contributed by atoms with van der Waals surface area (Å²) in [4.78, 5) is 10.4. The number of carbonyl (C=O) groups is 1. The van der Waals surface area contributed by atoms with Crippen LogP contribution in [0.25, 0.3) is 0 Å². The first kappa shape index (κ1) is 13.3. The van der Waals surface area contributed by atoms with Crippen molar-refractivity contribution in [2.45, 2.75) is 26.4 Å². The zero-order valence-corrected chi connectivity index (χ0v) is 11.1. The van der Waals surface area contributed by atoms with E-state index in [9.17, 15) is 4.79 Å². The molecule has 19 heavy (non-hydrogen) atoms. The second kappa shape index (κ2) is 6.74. The second-order valence-corrected chi connectivity index (χ2v) is 4.48. The molecule has 0 amide bonds. The lowest BCUT2D eigenvalue weighted by Gasteiger charge is -2.08. The van der Waals surface area contributed by atoms with Gasteiger partial charge in [0.05, 0.1) is 0 Å². The molecule has 98 valence electrons. The maximum atomic E-state index is 10.4. The van der Waals surface area contributed by atoms with Crippen LogP contribution in [0.15, 0.2) is 48.5 Å². The van der Waals surface area contributed by atoms with E-state index < -0.39 is 0 Å². The highest BCUT2D eigenvalue weighted by molar-refractivity contribution is 5.55. The van der Waals surface area contributed by atoms with Gasteiger partial charge in [0, 0.05) is 6.42 Å². The minimum Gasteiger partial charge on any atom is -0.489 e. The Bertz CT molecular complexity index is 529. The zero-order valence-electron chi connectivity index (χ0n) is 11.1. The predicted octanol–water partition coefficient (Wildman–Crippen LogP) is 3.57. The van der Waals surface area contributed by atoms with Gasteiger partial charge >= 0.3 is 0 Å². The molecule has 2 aromatic carbocycles. The summed E-state index contributed by atoms with van der Waals surface area (Å²) in [5.74, 6) is 0.830. The van der Waals surface area contributed by atoms with Gasteiger partial charge < -0.3 is 9.53 Å². The quantitative estimate of drug-likeness (QED) is 0.737. The van der Waals surface area contributed by atoms with Crippen molar-refractivity contribution in [3.8, 4) is 5.75 Å². The van der Waals surface area contributed by atoms with Crippen LogP contribution in [-0.2, 0) is 24.2 Å². The van der Waals surface area contributed by atoms with Gasteiger partial charge in [0.2, 0.25) is 0 Å². The Kier molecular flexibility index (Phi) is 4.73. The first-order valence-electron chi connectivity index (χ1n) is 6.55. The van der Waals surface area contributed by atoms with E-state index in [1.807, 2.05) is 24.3 Å². The van der Waals surface area contributed by atoms with Crippen molar-refractivity contribution in [2.75, 3.05) is 0 Å². The van der Waals surface area contributed by atoms with Gasteiger partial charge in [0.15, 0.2) is 0 Å². The molecule has 0 bridgehead atoms. The average molecular weight is 254 g/mol. The van der Waals surface area contributed by atoms with Crippen molar-refractivity contribution in [1.82, 2.24) is 0 Å². The van der Waals surface area contributed by atoms with Crippen LogP contribution in [0.4, 0.5) is 0 Å². The number of benzene rings is 2. The summed E-state index contributed by atoms with van der Waals surface area (Å²) in [5.41, 5.74) is 3.51. The molecule has 0 unspecified atom stereocenters. The third kappa shape index (κ3) is 3.95. The summed E-state index contributed by atoms with van der Waals surface area (Å²) in [6, 6.07) is 16.1. The summed E-state index contributed by atoms with van der Waals surface area (Å²) in [7, 11) is 0. The fourth-order valence-corrected chi connectivity index (χ4v) is 1.92. The number of hydrogen-bond donors (Lipinski definition) is 0. The van der Waals surface area contributed by atoms with Gasteiger partial charge in [-0.15, -0.1) is 0 Å². The highest BCUT2D eigenvalue weighted by atomic mass is 16.5. The SMILES string of the molecule is CCc1cccc(COc2ccc(CC=O)cc2)c1. The molecule has 0 atom stereocenters. The van der Waals surface area contributed by atoms with E-state index in [4.69, 9.17) is 4.74 Å². The molecule has 0 aromatic heterocycles. The smallest absolute Gasteiger partial charge is 0.124 e. The van der Waals surface area contributed by atoms with Crippen molar-refractivity contribution >= 4 is 6.29 Å². The van der Waals surface area contributed by atoms with Crippen LogP contribution < -0.4 is 4.74 Å². The Labute approximate surface area is 114 Å². The van der Waals surface area contributed by atoms with E-state index in [-0.39, 0.29) is 0 Å². The van der Waals surface area contributed by atoms with Gasteiger partial charge in [-0.25, -0.2) is 0 Å². The topological polar surface area (TPSA) is 26.3 Å². The highest BCUT2D eigenvalue weighted by Crippen LogP contribution is 2.15. The van der Waals surface area contributed by atoms with Crippen molar-refractivity contribution in [2.24, 2.45) is 0 Å². The van der Waals surface area contributed by atoms with Crippen LogP contribution in [0.1, 0.15) is 23.6 Å². The minimum absolute atomic E-state index is 0.457. The standard InChI is InChI=1S/C17H18O2/c1-2-14-4-3-5-16(12-14)13-19-17-8-6-15(7-9-17)10-11-18/h3-9,11-12H,2,10,13H2,1H3. The third-order valence-corrected chi connectivity index (χ3v) is 3.05. The van der Waals surface area contributed by atoms with Crippen LogP contribution in [-0.4, -0.2) is 6.29 Å². The van der Waals surface area contributed by atoms with E-state index in [0.717, 1.165) is 24.0 Å². The molecule has 2 nitrogen and oxygen atoms in total. The van der Waals surface area contributed by atoms with Crippen LogP contribution >= 0.6 is 0 Å². The van der Waals surface area contributed by atoms with Crippen molar-refractivity contribution < 1.29 is 9.53 Å². The molecule has 0 saturated carbocycles. The van der Waals surface area contributed by atoms with E-state index in [2.05, 4.69) is 31.2 Å². The molecule has 2 rings (SSSR count). The molecular formula is C17H18O2. The van der Waals surface area contributed by atoms with Gasteiger partial charge in [-0.2, -0.15) is 0 Å². The van der Waals surface area contributed by atoms with Crippen molar-refractivity contribution in [3.63, 3.8) is 0 Å². The van der Waals surface area contributed by atoms with E-state index in [1.54, 1.807) is 0 Å². The third-order valence-electron chi connectivity index (χ3n) is 3.05. The molecule has 0 aliphatic carbocycles. The van der Waals surface area contributed by atoms with Crippen LogP contribution in [0.3, 0.4) is 0 Å². The molecule has 2 aromatic rings. The lowest BCUT2D eigenvalue weighted by atomic mass is 10.1. The maximum Gasteiger partial charge on any atom is 0.124 e. The Morgan fingerprint density at radius 2 is 1.74 bits per heavy atom. The molecule has 0 heterocycles. The number of aryl methyl sites for hydroxylation is 1. The maximum absolute atomic E-state index is 10.4. The number of carbonyl (C=O) groups excluding carboxylic acids is 1. The molecule has 0 radical (unpaired) electrons. The Morgan fingerprint density at radius 1 is 1.00 bits per heavy atom. The summed E-state index contributed by atoms with van der Waals surface area (Å²) >= 11 is 0. The molecule has 0 spiro atoms. The molecule has 0 aliphatic rings. The predicted molar refractivity (Wildman–Crippen MR) is 76.4 cm³/mol. The first-order chi connectivity index (χ1) is 9.31. The summed E-state index contributed by atoms with van der Waals surface area (Å²) < 4.78 is 5.74. The Hall–Kier alpha value is -2.09. The molecule has 2 heteroatoms. The van der Waals surface area contributed by atoms with E-state index in [1.165, 1.54) is 11.1 Å². The number of ether oxygens (including phenoxy) is 1. The monoisotopic (exact) mass is 254 g/mol. The summed E-state index contributed by atoms with van der Waals surface area (Å²) in [5, 5.41) is 0. The van der Waals surface area contributed by atoms with Gasteiger partial charge in [-0.05, 0) is 35.2 Å². The first-order valence-corrected chi connectivity index (χ1v) is 6.55. The molecule has 0 N–H and O–H groups in total. The highest BCUT2D eigenvalue weighted by Gasteiger charge is 1.98. The number of hydrogen-bond acceptors (Lipinski definition) is 2. The number of rotatable bonds is 6. The van der Waals surface area contributed by atoms with E-state index in [0.29, 0.717) is 13.0 Å². The van der Waals surface area contributed by atoms with Gasteiger partial charge in [0.25, 0.3) is 0 Å². The average Bonchev–Trinajstić information content (AvgIpc) is 2.47. The van der Waals surface area contributed by atoms with Crippen LogP contribution in [0.2, 0.25) is 0 Å². The fourth-order valence-electron chi connectivity index (χ4n) is 1.92. The second-order valence-electron chi connectivity index (χ2n) is 4.48. The van der Waals surface area contributed by atoms with E-state index >= 15 is 0 Å². The normalized spacial score (nSPS) is 10.2. The molecule has 0 saturated heterocycles. The Balaban J connectivity index is 1.95. The largest absolute Gasteiger partial charge is 0.489 e. The fraction of sp³-hybridized carbons (Fsp3) is 0.235.